The monoisotopic (exact) mass is 305 g/mol. The van der Waals surface area contributed by atoms with Crippen molar-refractivity contribution in [2.24, 2.45) is 0 Å². The van der Waals surface area contributed by atoms with Crippen LogP contribution in [0.25, 0.3) is 6.08 Å². The molecule has 2 aliphatic heterocycles. The highest BCUT2D eigenvalue weighted by atomic mass is 32.1. The summed E-state index contributed by atoms with van der Waals surface area (Å²) in [7, 11) is 0. The van der Waals surface area contributed by atoms with Gasteiger partial charge in [-0.3, -0.25) is 14.9 Å². The second-order valence-electron chi connectivity index (χ2n) is 5.20. The molecule has 3 heterocycles. The molecule has 7 heteroatoms. The number of hydrogen-bond acceptors (Lipinski definition) is 4. The van der Waals surface area contributed by atoms with Gasteiger partial charge in [0.2, 0.25) is 5.91 Å². The van der Waals surface area contributed by atoms with Crippen molar-refractivity contribution in [3.63, 3.8) is 0 Å². The fourth-order valence-electron chi connectivity index (χ4n) is 2.70. The van der Waals surface area contributed by atoms with Crippen LogP contribution in [0.5, 0.6) is 0 Å². The van der Waals surface area contributed by atoms with Crippen molar-refractivity contribution in [2.75, 3.05) is 13.1 Å². The van der Waals surface area contributed by atoms with Crippen molar-refractivity contribution in [1.29, 1.82) is 0 Å². The van der Waals surface area contributed by atoms with E-state index in [1.165, 1.54) is 6.08 Å². The average Bonchev–Trinajstić information content (AvgIpc) is 3.06. The summed E-state index contributed by atoms with van der Waals surface area (Å²) in [5, 5.41) is 6.85. The molecule has 1 atom stereocenters. The van der Waals surface area contributed by atoms with Crippen molar-refractivity contribution < 1.29 is 14.4 Å². The maximum absolute atomic E-state index is 12.2. The minimum absolute atomic E-state index is 0.142. The number of carbonyl (C=O) groups excluding carboxylic acids is 3. The number of carbonyl (C=O) groups is 3. The van der Waals surface area contributed by atoms with E-state index in [1.54, 1.807) is 22.3 Å². The number of amides is 4. The lowest BCUT2D eigenvalue weighted by Gasteiger charge is -2.37. The SMILES string of the molecule is O=C1NC(=O)C2(CCCN(C(=O)/C=C/c3cccs3)C2)N1. The predicted octanol–water partition coefficient (Wildman–Crippen LogP) is 0.962. The van der Waals surface area contributed by atoms with Crippen LogP contribution in [0.1, 0.15) is 17.7 Å². The summed E-state index contributed by atoms with van der Waals surface area (Å²) in [6.45, 7) is 0.816. The third kappa shape index (κ3) is 2.69. The van der Waals surface area contributed by atoms with Gasteiger partial charge in [0.1, 0.15) is 5.54 Å². The van der Waals surface area contributed by atoms with Crippen LogP contribution in [0.15, 0.2) is 23.6 Å². The van der Waals surface area contributed by atoms with E-state index in [0.717, 1.165) is 4.88 Å². The zero-order chi connectivity index (χ0) is 14.9. The summed E-state index contributed by atoms with van der Waals surface area (Å²) >= 11 is 1.55. The Morgan fingerprint density at radius 2 is 2.29 bits per heavy atom. The molecule has 2 saturated heterocycles. The van der Waals surface area contributed by atoms with Gasteiger partial charge in [-0.2, -0.15) is 0 Å². The number of thiophene rings is 1. The fourth-order valence-corrected chi connectivity index (χ4v) is 3.32. The Labute approximate surface area is 125 Å². The molecular formula is C14H15N3O3S. The van der Waals surface area contributed by atoms with Crippen LogP contribution >= 0.6 is 11.3 Å². The van der Waals surface area contributed by atoms with Gasteiger partial charge in [0.25, 0.3) is 5.91 Å². The summed E-state index contributed by atoms with van der Waals surface area (Å²) in [6, 6.07) is 3.36. The Balaban J connectivity index is 1.70. The number of nitrogens with one attached hydrogen (secondary N) is 2. The summed E-state index contributed by atoms with van der Waals surface area (Å²) in [4.78, 5) is 38.1. The first-order valence-electron chi connectivity index (χ1n) is 6.73. The molecule has 21 heavy (non-hydrogen) atoms. The lowest BCUT2D eigenvalue weighted by atomic mass is 9.89. The van der Waals surface area contributed by atoms with Crippen LogP contribution in [0, 0.1) is 0 Å². The van der Waals surface area contributed by atoms with E-state index in [-0.39, 0.29) is 18.4 Å². The highest BCUT2D eigenvalue weighted by Gasteiger charge is 2.49. The van der Waals surface area contributed by atoms with Crippen molar-refractivity contribution in [1.82, 2.24) is 15.5 Å². The number of imide groups is 1. The molecule has 2 aliphatic rings. The van der Waals surface area contributed by atoms with Gasteiger partial charge in [-0.1, -0.05) is 6.07 Å². The first kappa shape index (κ1) is 13.8. The molecule has 1 spiro atoms. The smallest absolute Gasteiger partial charge is 0.322 e. The van der Waals surface area contributed by atoms with Gasteiger partial charge in [0.05, 0.1) is 6.54 Å². The normalized spacial score (nSPS) is 25.4. The largest absolute Gasteiger partial charge is 0.336 e. The van der Waals surface area contributed by atoms with Crippen molar-refractivity contribution in [2.45, 2.75) is 18.4 Å². The van der Waals surface area contributed by atoms with E-state index < -0.39 is 11.6 Å². The van der Waals surface area contributed by atoms with Crippen LogP contribution < -0.4 is 10.6 Å². The summed E-state index contributed by atoms with van der Waals surface area (Å²) < 4.78 is 0. The first-order chi connectivity index (χ1) is 10.1. The zero-order valence-corrected chi connectivity index (χ0v) is 12.1. The summed E-state index contributed by atoms with van der Waals surface area (Å²) in [5.41, 5.74) is -0.957. The van der Waals surface area contributed by atoms with Crippen LogP contribution in [-0.2, 0) is 9.59 Å². The highest BCUT2D eigenvalue weighted by Crippen LogP contribution is 2.24. The van der Waals surface area contributed by atoms with E-state index in [2.05, 4.69) is 10.6 Å². The molecule has 0 aromatic carbocycles. The molecule has 3 rings (SSSR count). The second kappa shape index (κ2) is 5.33. The van der Waals surface area contributed by atoms with E-state index >= 15 is 0 Å². The van der Waals surface area contributed by atoms with E-state index in [1.807, 2.05) is 17.5 Å². The predicted molar refractivity (Wildman–Crippen MR) is 78.6 cm³/mol. The molecule has 2 fully saturated rings. The quantitative estimate of drug-likeness (QED) is 0.631. The molecule has 1 aromatic heterocycles. The van der Waals surface area contributed by atoms with E-state index in [0.29, 0.717) is 19.4 Å². The third-order valence-corrected chi connectivity index (χ3v) is 4.59. The standard InChI is InChI=1S/C14H15N3O3S/c18-11(5-4-10-3-1-8-21-10)17-7-2-6-14(9-17)12(19)15-13(20)16-14/h1,3-5,8H,2,6-7,9H2,(H2,15,16,19,20)/b5-4+. The third-order valence-electron chi connectivity index (χ3n) is 3.75. The molecule has 1 aromatic rings. The van der Waals surface area contributed by atoms with Crippen LogP contribution in [-0.4, -0.2) is 41.4 Å². The van der Waals surface area contributed by atoms with Crippen LogP contribution in [0.4, 0.5) is 4.79 Å². The number of hydrogen-bond donors (Lipinski definition) is 2. The summed E-state index contributed by atoms with van der Waals surface area (Å²) in [5.74, 6) is -0.483. The fraction of sp³-hybridized carbons (Fsp3) is 0.357. The second-order valence-corrected chi connectivity index (χ2v) is 6.18. The molecule has 6 nitrogen and oxygen atoms in total. The van der Waals surface area contributed by atoms with Gasteiger partial charge in [-0.25, -0.2) is 4.79 Å². The number of piperidine rings is 1. The minimum Gasteiger partial charge on any atom is -0.336 e. The zero-order valence-electron chi connectivity index (χ0n) is 11.3. The van der Waals surface area contributed by atoms with Gasteiger partial charge in [-0.15, -0.1) is 11.3 Å². The van der Waals surface area contributed by atoms with Crippen molar-refractivity contribution in [3.05, 3.63) is 28.5 Å². The van der Waals surface area contributed by atoms with E-state index in [9.17, 15) is 14.4 Å². The van der Waals surface area contributed by atoms with Gasteiger partial charge >= 0.3 is 6.03 Å². The molecule has 0 radical (unpaired) electrons. The highest BCUT2D eigenvalue weighted by molar-refractivity contribution is 7.10. The Kier molecular flexibility index (Phi) is 3.50. The molecule has 0 saturated carbocycles. The summed E-state index contributed by atoms with van der Waals surface area (Å²) in [6.07, 6.45) is 4.52. The average molecular weight is 305 g/mol. The van der Waals surface area contributed by atoms with Gasteiger partial charge in [0.15, 0.2) is 0 Å². The number of nitrogens with zero attached hydrogens (tertiary/aromatic N) is 1. The molecule has 0 aliphatic carbocycles. The molecule has 4 amide bonds. The molecular weight excluding hydrogens is 290 g/mol. The number of likely N-dealkylation sites (tertiary alicyclic amines) is 1. The molecule has 2 N–H and O–H groups in total. The lowest BCUT2D eigenvalue weighted by Crippen LogP contribution is -2.59. The maximum atomic E-state index is 12.2. The van der Waals surface area contributed by atoms with Crippen LogP contribution in [0.3, 0.4) is 0 Å². The van der Waals surface area contributed by atoms with Crippen LogP contribution in [0.2, 0.25) is 0 Å². The molecule has 0 bridgehead atoms. The number of urea groups is 1. The Bertz CT molecular complexity index is 611. The Morgan fingerprint density at radius 1 is 1.43 bits per heavy atom. The van der Waals surface area contributed by atoms with Gasteiger partial charge in [0, 0.05) is 17.5 Å². The minimum atomic E-state index is -0.957. The topological polar surface area (TPSA) is 78.5 Å². The molecule has 110 valence electrons. The Hall–Kier alpha value is -2.15. The number of rotatable bonds is 2. The Morgan fingerprint density at radius 3 is 2.95 bits per heavy atom. The maximum Gasteiger partial charge on any atom is 0.322 e. The van der Waals surface area contributed by atoms with Crippen molar-refractivity contribution >= 4 is 35.3 Å². The first-order valence-corrected chi connectivity index (χ1v) is 7.61. The van der Waals surface area contributed by atoms with Gasteiger partial charge < -0.3 is 10.2 Å². The van der Waals surface area contributed by atoms with Crippen molar-refractivity contribution in [3.8, 4) is 0 Å². The lowest BCUT2D eigenvalue weighted by molar-refractivity contribution is -0.132. The molecule has 1 unspecified atom stereocenters. The van der Waals surface area contributed by atoms with E-state index in [4.69, 9.17) is 0 Å². The van der Waals surface area contributed by atoms with Gasteiger partial charge in [-0.05, 0) is 30.4 Å².